The summed E-state index contributed by atoms with van der Waals surface area (Å²) in [6.45, 7) is 0.675. The van der Waals surface area contributed by atoms with E-state index < -0.39 is 12.6 Å². The molecule has 1 aliphatic rings. The van der Waals surface area contributed by atoms with Gasteiger partial charge in [-0.25, -0.2) is 0 Å². The van der Waals surface area contributed by atoms with Gasteiger partial charge in [0.15, 0.2) is 0 Å². The molecule has 1 saturated heterocycles. The maximum Gasteiger partial charge on any atom is 0.389 e. The fourth-order valence-corrected chi connectivity index (χ4v) is 1.92. The summed E-state index contributed by atoms with van der Waals surface area (Å²) < 4.78 is 41.6. The predicted octanol–water partition coefficient (Wildman–Crippen LogP) is 2.49. The van der Waals surface area contributed by atoms with Crippen molar-refractivity contribution in [1.82, 2.24) is 5.32 Å². The van der Waals surface area contributed by atoms with Crippen molar-refractivity contribution >= 4 is 0 Å². The summed E-state index contributed by atoms with van der Waals surface area (Å²) in [5.74, 6) is 0. The number of hydrogen-bond acceptors (Lipinski definition) is 2. The number of hydrogen-bond donors (Lipinski definition) is 1. The van der Waals surface area contributed by atoms with Gasteiger partial charge in [-0.15, -0.1) is 0 Å². The number of alkyl halides is 3. The zero-order valence-corrected chi connectivity index (χ0v) is 8.94. The van der Waals surface area contributed by atoms with Gasteiger partial charge in [-0.1, -0.05) is 0 Å². The quantitative estimate of drug-likeness (QED) is 0.793. The van der Waals surface area contributed by atoms with E-state index in [1.54, 1.807) is 7.05 Å². The van der Waals surface area contributed by atoms with E-state index in [-0.39, 0.29) is 18.6 Å². The Balaban J connectivity index is 2.34. The van der Waals surface area contributed by atoms with E-state index in [1.165, 1.54) is 0 Å². The molecule has 0 bridgehead atoms. The standard InChI is InChI=1S/C10H18F3NO/c1-14-8(5-6-10(11,12)13)9-4-2-3-7-15-9/h8-9,14H,2-7H2,1H3. The van der Waals surface area contributed by atoms with Crippen molar-refractivity contribution in [3.8, 4) is 0 Å². The molecular formula is C10H18F3NO. The number of halogens is 3. The van der Waals surface area contributed by atoms with Crippen molar-refractivity contribution in [3.05, 3.63) is 0 Å². The highest BCUT2D eigenvalue weighted by atomic mass is 19.4. The zero-order valence-electron chi connectivity index (χ0n) is 8.94. The SMILES string of the molecule is CNC(CCC(F)(F)F)C1CCCCO1. The Morgan fingerprint density at radius 2 is 2.13 bits per heavy atom. The van der Waals surface area contributed by atoms with Crippen LogP contribution in [0.25, 0.3) is 0 Å². The zero-order chi connectivity index (χ0) is 11.3. The molecule has 1 fully saturated rings. The minimum Gasteiger partial charge on any atom is -0.377 e. The topological polar surface area (TPSA) is 21.3 Å². The van der Waals surface area contributed by atoms with E-state index in [1.807, 2.05) is 0 Å². The highest BCUT2D eigenvalue weighted by Crippen LogP contribution is 2.25. The van der Waals surface area contributed by atoms with E-state index >= 15 is 0 Å². The Morgan fingerprint density at radius 3 is 2.60 bits per heavy atom. The molecular weight excluding hydrogens is 207 g/mol. The lowest BCUT2D eigenvalue weighted by atomic mass is 9.98. The smallest absolute Gasteiger partial charge is 0.377 e. The summed E-state index contributed by atoms with van der Waals surface area (Å²) in [7, 11) is 1.69. The van der Waals surface area contributed by atoms with Crippen LogP contribution in [0.1, 0.15) is 32.1 Å². The number of ether oxygens (including phenoxy) is 1. The molecule has 2 unspecified atom stereocenters. The Kier molecular flexibility index (Phi) is 4.86. The van der Waals surface area contributed by atoms with Crippen LogP contribution in [0.15, 0.2) is 0 Å². The van der Waals surface area contributed by atoms with Gasteiger partial charge in [-0.3, -0.25) is 0 Å². The van der Waals surface area contributed by atoms with Crippen molar-refractivity contribution in [2.45, 2.75) is 50.4 Å². The summed E-state index contributed by atoms with van der Waals surface area (Å²) in [6, 6.07) is -0.174. The first-order valence-electron chi connectivity index (χ1n) is 5.38. The van der Waals surface area contributed by atoms with Crippen LogP contribution < -0.4 is 5.32 Å². The normalized spacial score (nSPS) is 25.2. The van der Waals surface area contributed by atoms with Crippen LogP contribution in [-0.2, 0) is 4.74 Å². The summed E-state index contributed by atoms with van der Waals surface area (Å²) >= 11 is 0. The lowest BCUT2D eigenvalue weighted by Gasteiger charge is -2.30. The van der Waals surface area contributed by atoms with Gasteiger partial charge in [0.1, 0.15) is 0 Å². The van der Waals surface area contributed by atoms with Crippen LogP contribution in [0.3, 0.4) is 0 Å². The Bertz CT molecular complexity index is 178. The van der Waals surface area contributed by atoms with Crippen LogP contribution in [0.4, 0.5) is 13.2 Å². The highest BCUT2D eigenvalue weighted by molar-refractivity contribution is 4.79. The first-order chi connectivity index (χ1) is 7.03. The van der Waals surface area contributed by atoms with Crippen molar-refractivity contribution < 1.29 is 17.9 Å². The molecule has 0 aromatic rings. The molecule has 2 nitrogen and oxygen atoms in total. The third-order valence-electron chi connectivity index (χ3n) is 2.77. The van der Waals surface area contributed by atoms with Crippen molar-refractivity contribution in [3.63, 3.8) is 0 Å². The average Bonchev–Trinajstić information content (AvgIpc) is 2.19. The Morgan fingerprint density at radius 1 is 1.40 bits per heavy atom. The van der Waals surface area contributed by atoms with E-state index in [0.29, 0.717) is 6.61 Å². The van der Waals surface area contributed by atoms with Crippen molar-refractivity contribution in [1.29, 1.82) is 0 Å². The number of rotatable bonds is 4. The Hall–Kier alpha value is -0.290. The van der Waals surface area contributed by atoms with Crippen molar-refractivity contribution in [2.24, 2.45) is 0 Å². The van der Waals surface area contributed by atoms with Crippen LogP contribution in [0, 0.1) is 0 Å². The number of likely N-dealkylation sites (N-methyl/N-ethyl adjacent to an activating group) is 1. The van der Waals surface area contributed by atoms with Crippen LogP contribution in [0.5, 0.6) is 0 Å². The van der Waals surface area contributed by atoms with Gasteiger partial charge in [0, 0.05) is 19.1 Å². The lowest BCUT2D eigenvalue weighted by molar-refractivity contribution is -0.139. The van der Waals surface area contributed by atoms with Crippen LogP contribution in [0.2, 0.25) is 0 Å². The lowest BCUT2D eigenvalue weighted by Crippen LogP contribution is -2.41. The fourth-order valence-electron chi connectivity index (χ4n) is 1.92. The number of nitrogens with one attached hydrogen (secondary N) is 1. The van der Waals surface area contributed by atoms with Gasteiger partial charge in [0.05, 0.1) is 6.10 Å². The second kappa shape index (κ2) is 5.70. The first kappa shape index (κ1) is 12.8. The van der Waals surface area contributed by atoms with Gasteiger partial charge >= 0.3 is 6.18 Å². The minimum atomic E-state index is -4.07. The van der Waals surface area contributed by atoms with Crippen LogP contribution in [-0.4, -0.2) is 32.0 Å². The molecule has 1 aliphatic heterocycles. The van der Waals surface area contributed by atoms with E-state index in [0.717, 1.165) is 19.3 Å². The molecule has 5 heteroatoms. The predicted molar refractivity (Wildman–Crippen MR) is 51.7 cm³/mol. The maximum atomic E-state index is 12.1. The first-order valence-corrected chi connectivity index (χ1v) is 5.38. The molecule has 0 saturated carbocycles. The monoisotopic (exact) mass is 225 g/mol. The molecule has 1 rings (SSSR count). The summed E-state index contributed by atoms with van der Waals surface area (Å²) in [5.41, 5.74) is 0. The second-order valence-electron chi connectivity index (χ2n) is 3.95. The van der Waals surface area contributed by atoms with Gasteiger partial charge in [0.25, 0.3) is 0 Å². The molecule has 15 heavy (non-hydrogen) atoms. The van der Waals surface area contributed by atoms with E-state index in [4.69, 9.17) is 4.74 Å². The fraction of sp³-hybridized carbons (Fsp3) is 1.00. The molecule has 0 radical (unpaired) electrons. The Labute approximate surface area is 88.2 Å². The van der Waals surface area contributed by atoms with Gasteiger partial charge in [0.2, 0.25) is 0 Å². The third kappa shape index (κ3) is 4.84. The minimum absolute atomic E-state index is 0.0499. The van der Waals surface area contributed by atoms with Crippen molar-refractivity contribution in [2.75, 3.05) is 13.7 Å². The largest absolute Gasteiger partial charge is 0.389 e. The summed E-state index contributed by atoms with van der Waals surface area (Å²) in [6.07, 6.45) is -1.82. The van der Waals surface area contributed by atoms with E-state index in [2.05, 4.69) is 5.32 Å². The molecule has 0 aromatic carbocycles. The second-order valence-corrected chi connectivity index (χ2v) is 3.95. The molecule has 90 valence electrons. The van der Waals surface area contributed by atoms with Gasteiger partial charge < -0.3 is 10.1 Å². The summed E-state index contributed by atoms with van der Waals surface area (Å²) in [4.78, 5) is 0. The molecule has 0 aliphatic carbocycles. The maximum absolute atomic E-state index is 12.1. The van der Waals surface area contributed by atoms with E-state index in [9.17, 15) is 13.2 Å². The third-order valence-corrected chi connectivity index (χ3v) is 2.77. The molecule has 1 N–H and O–H groups in total. The molecule has 0 amide bonds. The van der Waals surface area contributed by atoms with Gasteiger partial charge in [-0.2, -0.15) is 13.2 Å². The molecule has 2 atom stereocenters. The van der Waals surface area contributed by atoms with Crippen LogP contribution >= 0.6 is 0 Å². The molecule has 0 spiro atoms. The van der Waals surface area contributed by atoms with Gasteiger partial charge in [-0.05, 0) is 32.7 Å². The molecule has 1 heterocycles. The molecule has 0 aromatic heterocycles. The highest BCUT2D eigenvalue weighted by Gasteiger charge is 2.31. The average molecular weight is 225 g/mol. The summed E-state index contributed by atoms with van der Waals surface area (Å²) in [5, 5.41) is 2.92.